The minimum absolute atomic E-state index is 0.0656. The molecule has 1 amide bonds. The van der Waals surface area contributed by atoms with Crippen molar-refractivity contribution in [3.63, 3.8) is 0 Å². The Labute approximate surface area is 127 Å². The van der Waals surface area contributed by atoms with Crippen molar-refractivity contribution in [3.05, 3.63) is 35.9 Å². The van der Waals surface area contributed by atoms with Crippen LogP contribution in [0.3, 0.4) is 0 Å². The average molecular weight is 299 g/mol. The lowest BCUT2D eigenvalue weighted by atomic mass is 10.1. The lowest BCUT2D eigenvalue weighted by Gasteiger charge is -2.24. The molecule has 0 aromatic carbocycles. The third-order valence-corrected chi connectivity index (χ3v) is 4.04. The van der Waals surface area contributed by atoms with E-state index in [0.717, 1.165) is 0 Å². The number of carbonyl (C=O) groups is 1. The molecule has 0 aliphatic carbocycles. The topological polar surface area (TPSA) is 93.8 Å². The third-order valence-electron chi connectivity index (χ3n) is 4.04. The van der Waals surface area contributed by atoms with Crippen molar-refractivity contribution in [1.29, 1.82) is 5.26 Å². The van der Waals surface area contributed by atoms with Crippen LogP contribution in [-0.2, 0) is 0 Å². The van der Waals surface area contributed by atoms with Crippen LogP contribution in [0.15, 0.2) is 24.7 Å². The number of aromatic nitrogens is 4. The summed E-state index contributed by atoms with van der Waals surface area (Å²) < 4.78 is 1.80. The van der Waals surface area contributed by atoms with E-state index in [0.29, 0.717) is 24.3 Å². The van der Waals surface area contributed by atoms with Gasteiger partial charge in [-0.1, -0.05) is 5.21 Å². The Morgan fingerprint density at radius 3 is 2.91 bits per heavy atom. The molecule has 1 saturated heterocycles. The van der Waals surface area contributed by atoms with Gasteiger partial charge < -0.3 is 14.8 Å². The second kappa shape index (κ2) is 5.61. The zero-order valence-corrected chi connectivity index (χ0v) is 12.5. The van der Waals surface area contributed by atoms with Crippen LogP contribution in [0.4, 0.5) is 0 Å². The summed E-state index contributed by atoms with van der Waals surface area (Å²) in [4.78, 5) is 19.3. The van der Waals surface area contributed by atoms with Crippen molar-refractivity contribution < 1.29 is 4.79 Å². The third kappa shape index (κ3) is 2.46. The van der Waals surface area contributed by atoms with E-state index in [9.17, 15) is 4.79 Å². The molecule has 3 heterocycles. The Morgan fingerprint density at radius 1 is 1.50 bits per heavy atom. The van der Waals surface area contributed by atoms with Gasteiger partial charge in [0.05, 0.1) is 23.8 Å². The van der Waals surface area contributed by atoms with E-state index in [-0.39, 0.29) is 18.0 Å². The molecule has 2 atom stereocenters. The van der Waals surface area contributed by atoms with Crippen LogP contribution < -0.4 is 0 Å². The molecule has 0 unspecified atom stereocenters. The fourth-order valence-corrected chi connectivity index (χ4v) is 2.86. The molecule has 0 saturated carbocycles. The standard InChI is InChI=1S/C14H17N7O/c1-19(2)12-8-20(9-13(12)21-4-3-17-18-21)14(22)10-5-11(6-15)16-7-10/h3-5,7,12-13,16H,8-9H2,1-2H3/t12-,13+/m1/s1. The number of nitriles is 1. The maximum Gasteiger partial charge on any atom is 0.255 e. The number of H-pyrrole nitrogens is 1. The van der Waals surface area contributed by atoms with Crippen LogP contribution >= 0.6 is 0 Å². The number of likely N-dealkylation sites (tertiary alicyclic amines) is 1. The number of carbonyl (C=O) groups excluding carboxylic acids is 1. The van der Waals surface area contributed by atoms with Crippen LogP contribution in [0.2, 0.25) is 0 Å². The number of amides is 1. The van der Waals surface area contributed by atoms with Gasteiger partial charge >= 0.3 is 0 Å². The molecule has 1 aliphatic rings. The summed E-state index contributed by atoms with van der Waals surface area (Å²) in [5, 5.41) is 16.8. The van der Waals surface area contributed by atoms with Gasteiger partial charge in [0.25, 0.3) is 5.91 Å². The molecule has 114 valence electrons. The number of aromatic amines is 1. The van der Waals surface area contributed by atoms with Gasteiger partial charge in [-0.05, 0) is 20.2 Å². The Kier molecular flexibility index (Phi) is 3.65. The lowest BCUT2D eigenvalue weighted by molar-refractivity contribution is 0.0781. The summed E-state index contributed by atoms with van der Waals surface area (Å²) >= 11 is 0. The molecule has 2 aromatic heterocycles. The molecule has 8 nitrogen and oxygen atoms in total. The van der Waals surface area contributed by atoms with Gasteiger partial charge in [-0.15, -0.1) is 5.10 Å². The molecular formula is C14H17N7O. The van der Waals surface area contributed by atoms with Crippen LogP contribution in [0.25, 0.3) is 0 Å². The molecule has 0 spiro atoms. The van der Waals surface area contributed by atoms with Gasteiger partial charge in [-0.25, -0.2) is 4.68 Å². The number of nitrogens with one attached hydrogen (secondary N) is 1. The minimum atomic E-state index is -0.0767. The molecule has 1 fully saturated rings. The highest BCUT2D eigenvalue weighted by molar-refractivity contribution is 5.94. The van der Waals surface area contributed by atoms with E-state index in [1.807, 2.05) is 26.4 Å². The average Bonchev–Trinajstić information content (AvgIpc) is 3.24. The van der Waals surface area contributed by atoms with E-state index in [1.165, 1.54) is 0 Å². The van der Waals surface area contributed by atoms with Gasteiger partial charge in [0.15, 0.2) is 0 Å². The second-order valence-corrected chi connectivity index (χ2v) is 5.61. The van der Waals surface area contributed by atoms with Crippen molar-refractivity contribution in [1.82, 2.24) is 29.8 Å². The smallest absolute Gasteiger partial charge is 0.255 e. The highest BCUT2D eigenvalue weighted by Crippen LogP contribution is 2.26. The summed E-state index contributed by atoms with van der Waals surface area (Å²) in [6, 6.07) is 3.81. The van der Waals surface area contributed by atoms with Crippen LogP contribution in [-0.4, -0.2) is 68.9 Å². The second-order valence-electron chi connectivity index (χ2n) is 5.61. The summed E-state index contributed by atoms with van der Waals surface area (Å²) in [7, 11) is 3.99. The first kappa shape index (κ1) is 14.3. The van der Waals surface area contributed by atoms with Crippen molar-refractivity contribution in [2.45, 2.75) is 12.1 Å². The normalized spacial score (nSPS) is 21.3. The SMILES string of the molecule is CN(C)[C@@H]1CN(C(=O)c2c[nH]c(C#N)c2)C[C@@H]1n1ccnn1. The minimum Gasteiger partial charge on any atom is -0.352 e. The van der Waals surface area contributed by atoms with Crippen LogP contribution in [0.5, 0.6) is 0 Å². The lowest BCUT2D eigenvalue weighted by Crippen LogP contribution is -2.37. The molecule has 8 heteroatoms. The van der Waals surface area contributed by atoms with Gasteiger partial charge in [0.2, 0.25) is 0 Å². The molecule has 1 aliphatic heterocycles. The van der Waals surface area contributed by atoms with Crippen molar-refractivity contribution in [2.75, 3.05) is 27.2 Å². The van der Waals surface area contributed by atoms with E-state index in [2.05, 4.69) is 20.2 Å². The zero-order chi connectivity index (χ0) is 15.7. The molecule has 0 radical (unpaired) electrons. The van der Waals surface area contributed by atoms with Gasteiger partial charge in [-0.2, -0.15) is 5.26 Å². The van der Waals surface area contributed by atoms with Crippen LogP contribution in [0, 0.1) is 11.3 Å². The summed E-state index contributed by atoms with van der Waals surface area (Å²) in [5.41, 5.74) is 0.896. The summed E-state index contributed by atoms with van der Waals surface area (Å²) in [6.45, 7) is 1.18. The van der Waals surface area contributed by atoms with Crippen LogP contribution in [0.1, 0.15) is 22.1 Å². The predicted molar refractivity (Wildman–Crippen MR) is 77.9 cm³/mol. The monoisotopic (exact) mass is 299 g/mol. The van der Waals surface area contributed by atoms with Crippen molar-refractivity contribution in [2.24, 2.45) is 0 Å². The fraction of sp³-hybridized carbons (Fsp3) is 0.429. The van der Waals surface area contributed by atoms with Gasteiger partial charge in [-0.3, -0.25) is 4.79 Å². The van der Waals surface area contributed by atoms with Crippen molar-refractivity contribution in [3.8, 4) is 6.07 Å². The zero-order valence-electron chi connectivity index (χ0n) is 12.5. The van der Waals surface area contributed by atoms with E-state index in [4.69, 9.17) is 5.26 Å². The van der Waals surface area contributed by atoms with E-state index in [1.54, 1.807) is 28.0 Å². The number of hydrogen-bond acceptors (Lipinski definition) is 5. The quantitative estimate of drug-likeness (QED) is 0.868. The first-order valence-corrected chi connectivity index (χ1v) is 7.00. The predicted octanol–water partition coefficient (Wildman–Crippen LogP) is 0.105. The summed E-state index contributed by atoms with van der Waals surface area (Å²) in [6.07, 6.45) is 5.04. The van der Waals surface area contributed by atoms with Crippen molar-refractivity contribution >= 4 is 5.91 Å². The first-order valence-electron chi connectivity index (χ1n) is 7.00. The summed E-state index contributed by atoms with van der Waals surface area (Å²) in [5.74, 6) is -0.0767. The largest absolute Gasteiger partial charge is 0.352 e. The number of likely N-dealkylation sites (N-methyl/N-ethyl adjacent to an activating group) is 1. The highest BCUT2D eigenvalue weighted by Gasteiger charge is 2.38. The Bertz CT molecular complexity index is 697. The molecule has 22 heavy (non-hydrogen) atoms. The number of hydrogen-bond donors (Lipinski definition) is 1. The molecule has 0 bridgehead atoms. The molecule has 3 rings (SSSR count). The maximum atomic E-state index is 12.6. The number of nitrogens with zero attached hydrogens (tertiary/aromatic N) is 6. The Balaban J connectivity index is 1.81. The first-order chi connectivity index (χ1) is 10.6. The van der Waals surface area contributed by atoms with E-state index >= 15 is 0 Å². The molecule has 1 N–H and O–H groups in total. The van der Waals surface area contributed by atoms with Gasteiger partial charge in [0, 0.05) is 25.5 Å². The molecular weight excluding hydrogens is 282 g/mol. The fourth-order valence-electron chi connectivity index (χ4n) is 2.86. The van der Waals surface area contributed by atoms with Gasteiger partial charge in [0.1, 0.15) is 11.8 Å². The molecule has 2 aromatic rings. The highest BCUT2D eigenvalue weighted by atomic mass is 16.2. The Morgan fingerprint density at radius 2 is 2.32 bits per heavy atom. The Hall–Kier alpha value is -2.66. The van der Waals surface area contributed by atoms with E-state index < -0.39 is 0 Å². The number of rotatable bonds is 3. The maximum absolute atomic E-state index is 12.6.